The van der Waals surface area contributed by atoms with Crippen LogP contribution in [0.1, 0.15) is 28.1 Å². The molecule has 0 spiro atoms. The van der Waals surface area contributed by atoms with Gasteiger partial charge in [-0.05, 0) is 36.2 Å². The van der Waals surface area contributed by atoms with Crippen molar-refractivity contribution in [1.82, 2.24) is 0 Å². The molecule has 0 bridgehead atoms. The van der Waals surface area contributed by atoms with Gasteiger partial charge in [0.1, 0.15) is 12.4 Å². The van der Waals surface area contributed by atoms with Gasteiger partial charge in [-0.1, -0.05) is 0 Å². The molecule has 0 atom stereocenters. The van der Waals surface area contributed by atoms with Crippen molar-refractivity contribution in [3.05, 3.63) is 47.4 Å². The Morgan fingerprint density at radius 3 is 3.00 bits per heavy atom. The fourth-order valence-corrected chi connectivity index (χ4v) is 2.25. The number of nitrogens with one attached hydrogen (secondary N) is 1. The Labute approximate surface area is 120 Å². The van der Waals surface area contributed by atoms with Crippen molar-refractivity contribution < 1.29 is 23.8 Å². The van der Waals surface area contributed by atoms with Crippen LogP contribution in [0.5, 0.6) is 5.75 Å². The van der Waals surface area contributed by atoms with Crippen LogP contribution in [0.15, 0.2) is 34.9 Å². The highest BCUT2D eigenvalue weighted by molar-refractivity contribution is 5.94. The number of carboxylic acid groups (broad SMARTS) is 1. The van der Waals surface area contributed by atoms with Gasteiger partial charge in [0.05, 0.1) is 6.26 Å². The zero-order valence-electron chi connectivity index (χ0n) is 11.1. The minimum absolute atomic E-state index is 0.0145. The molecule has 21 heavy (non-hydrogen) atoms. The molecule has 0 fully saturated rings. The zero-order valence-corrected chi connectivity index (χ0v) is 11.1. The molecule has 1 aliphatic rings. The summed E-state index contributed by atoms with van der Waals surface area (Å²) in [5.41, 5.74) is 2.29. The fraction of sp³-hybridized carbons (Fsp3) is 0.200. The van der Waals surface area contributed by atoms with E-state index in [4.69, 9.17) is 14.3 Å². The number of amides is 1. The van der Waals surface area contributed by atoms with Crippen molar-refractivity contribution in [1.29, 1.82) is 0 Å². The van der Waals surface area contributed by atoms with E-state index >= 15 is 0 Å². The number of furan rings is 1. The number of aryl methyl sites for hydroxylation is 1. The molecule has 0 saturated heterocycles. The maximum absolute atomic E-state index is 11.3. The van der Waals surface area contributed by atoms with Crippen molar-refractivity contribution >= 4 is 17.6 Å². The largest absolute Gasteiger partial charge is 0.489 e. The van der Waals surface area contributed by atoms with Crippen molar-refractivity contribution in [3.8, 4) is 5.75 Å². The van der Waals surface area contributed by atoms with E-state index < -0.39 is 5.97 Å². The van der Waals surface area contributed by atoms with E-state index in [2.05, 4.69) is 5.32 Å². The van der Waals surface area contributed by atoms with Crippen LogP contribution < -0.4 is 10.1 Å². The van der Waals surface area contributed by atoms with Gasteiger partial charge >= 0.3 is 5.97 Å². The molecule has 2 N–H and O–H groups in total. The molecule has 0 unspecified atom stereocenters. The lowest BCUT2D eigenvalue weighted by Crippen LogP contribution is -2.18. The number of benzene rings is 1. The number of ether oxygens (including phenoxy) is 1. The Bertz CT molecular complexity index is 704. The number of hydrogen-bond acceptors (Lipinski definition) is 4. The quantitative estimate of drug-likeness (QED) is 0.901. The van der Waals surface area contributed by atoms with Crippen LogP contribution in [0.25, 0.3) is 0 Å². The molecule has 1 aliphatic heterocycles. The van der Waals surface area contributed by atoms with Crippen LogP contribution in [0, 0.1) is 0 Å². The third-order valence-corrected chi connectivity index (χ3v) is 3.31. The van der Waals surface area contributed by atoms with E-state index in [1.807, 2.05) is 6.07 Å². The first-order chi connectivity index (χ1) is 10.1. The minimum Gasteiger partial charge on any atom is -0.489 e. The number of rotatable bonds is 4. The number of hydrogen-bond donors (Lipinski definition) is 2. The first-order valence-corrected chi connectivity index (χ1v) is 6.49. The third-order valence-electron chi connectivity index (χ3n) is 3.31. The number of carbonyl (C=O) groups excluding carboxylic acids is 1. The van der Waals surface area contributed by atoms with E-state index in [1.54, 1.807) is 18.2 Å². The molecule has 0 saturated carbocycles. The molecule has 108 valence electrons. The Morgan fingerprint density at radius 2 is 2.19 bits per heavy atom. The predicted octanol–water partition coefficient (Wildman–Crippen LogP) is 2.44. The van der Waals surface area contributed by atoms with Gasteiger partial charge in [-0.25, -0.2) is 4.79 Å². The average Bonchev–Trinajstić information content (AvgIpc) is 2.93. The van der Waals surface area contributed by atoms with Crippen LogP contribution in [0.2, 0.25) is 0 Å². The smallest absolute Gasteiger partial charge is 0.372 e. The molecule has 6 nitrogen and oxygen atoms in total. The molecule has 2 aromatic rings. The summed E-state index contributed by atoms with van der Waals surface area (Å²) in [6, 6.07) is 6.96. The van der Waals surface area contributed by atoms with Crippen LogP contribution in [0.4, 0.5) is 5.69 Å². The van der Waals surface area contributed by atoms with E-state index in [1.165, 1.54) is 6.26 Å². The topological polar surface area (TPSA) is 88.8 Å². The van der Waals surface area contributed by atoms with Crippen LogP contribution in [0.3, 0.4) is 0 Å². The van der Waals surface area contributed by atoms with Crippen LogP contribution >= 0.6 is 0 Å². The second-order valence-electron chi connectivity index (χ2n) is 4.74. The molecule has 2 heterocycles. The Morgan fingerprint density at radius 1 is 1.33 bits per heavy atom. The summed E-state index contributed by atoms with van der Waals surface area (Å²) in [6.07, 6.45) is 2.45. The third kappa shape index (κ3) is 2.74. The fourth-order valence-electron chi connectivity index (χ4n) is 2.25. The lowest BCUT2D eigenvalue weighted by molar-refractivity contribution is -0.116. The number of aromatic carboxylic acids is 1. The lowest BCUT2D eigenvalue weighted by atomic mass is 10.0. The second kappa shape index (κ2) is 5.32. The molecule has 1 amide bonds. The summed E-state index contributed by atoms with van der Waals surface area (Å²) >= 11 is 0. The number of fused-ring (bicyclic) bond motifs is 1. The Balaban J connectivity index is 1.72. The summed E-state index contributed by atoms with van der Waals surface area (Å²) < 4.78 is 10.5. The van der Waals surface area contributed by atoms with Crippen LogP contribution in [-0.4, -0.2) is 17.0 Å². The molecule has 1 aromatic heterocycles. The van der Waals surface area contributed by atoms with Gasteiger partial charge in [-0.2, -0.15) is 0 Å². The maximum atomic E-state index is 11.3. The van der Waals surface area contributed by atoms with Gasteiger partial charge in [0.25, 0.3) is 0 Å². The summed E-state index contributed by atoms with van der Waals surface area (Å²) in [5.74, 6) is -0.588. The van der Waals surface area contributed by atoms with E-state index in [0.717, 1.165) is 11.3 Å². The summed E-state index contributed by atoms with van der Waals surface area (Å²) in [4.78, 5) is 22.2. The average molecular weight is 287 g/mol. The highest BCUT2D eigenvalue weighted by Gasteiger charge is 2.16. The van der Waals surface area contributed by atoms with Gasteiger partial charge in [-0.3, -0.25) is 4.79 Å². The summed E-state index contributed by atoms with van der Waals surface area (Å²) in [7, 11) is 0. The standard InChI is InChI=1S/C15H13NO5/c17-13-4-1-9-7-11(2-3-12(9)16-13)21-8-10-5-6-20-14(10)15(18)19/h2-3,5-7H,1,4,8H2,(H,16,17)(H,18,19). The lowest BCUT2D eigenvalue weighted by Gasteiger charge is -2.17. The number of anilines is 1. The van der Waals surface area contributed by atoms with Gasteiger partial charge in [0.15, 0.2) is 0 Å². The minimum atomic E-state index is -1.12. The van der Waals surface area contributed by atoms with E-state index in [0.29, 0.717) is 24.2 Å². The first kappa shape index (κ1) is 13.2. The second-order valence-corrected chi connectivity index (χ2v) is 4.74. The number of carbonyl (C=O) groups is 2. The zero-order chi connectivity index (χ0) is 14.8. The molecular formula is C15H13NO5. The van der Waals surface area contributed by atoms with Gasteiger partial charge < -0.3 is 19.6 Å². The molecule has 0 radical (unpaired) electrons. The predicted molar refractivity (Wildman–Crippen MR) is 73.4 cm³/mol. The molecule has 0 aliphatic carbocycles. The normalized spacial score (nSPS) is 13.4. The molecular weight excluding hydrogens is 274 g/mol. The summed E-state index contributed by atoms with van der Waals surface area (Å²) in [5, 5.41) is 11.7. The van der Waals surface area contributed by atoms with Gasteiger partial charge in [0.2, 0.25) is 11.7 Å². The highest BCUT2D eigenvalue weighted by Crippen LogP contribution is 2.27. The molecule has 3 rings (SSSR count). The first-order valence-electron chi connectivity index (χ1n) is 6.49. The van der Waals surface area contributed by atoms with Crippen molar-refractivity contribution in [2.45, 2.75) is 19.4 Å². The Kier molecular flexibility index (Phi) is 3.35. The van der Waals surface area contributed by atoms with Gasteiger partial charge in [0, 0.05) is 17.7 Å². The van der Waals surface area contributed by atoms with E-state index in [-0.39, 0.29) is 18.3 Å². The highest BCUT2D eigenvalue weighted by atomic mass is 16.5. The maximum Gasteiger partial charge on any atom is 0.372 e. The van der Waals surface area contributed by atoms with Gasteiger partial charge in [-0.15, -0.1) is 0 Å². The van der Waals surface area contributed by atoms with Crippen LogP contribution in [-0.2, 0) is 17.8 Å². The molecule has 6 heteroatoms. The summed E-state index contributed by atoms with van der Waals surface area (Å²) in [6.45, 7) is 0.114. The molecule has 1 aromatic carbocycles. The Hall–Kier alpha value is -2.76. The van der Waals surface area contributed by atoms with Crippen molar-refractivity contribution in [2.24, 2.45) is 0 Å². The van der Waals surface area contributed by atoms with E-state index in [9.17, 15) is 9.59 Å². The monoisotopic (exact) mass is 287 g/mol. The van der Waals surface area contributed by atoms with Crippen molar-refractivity contribution in [3.63, 3.8) is 0 Å². The van der Waals surface area contributed by atoms with Crippen molar-refractivity contribution in [2.75, 3.05) is 5.32 Å². The number of carboxylic acids is 1. The SMILES string of the molecule is O=C1CCc2cc(OCc3ccoc3C(=O)O)ccc2N1.